The molecule has 0 spiro atoms. The maximum absolute atomic E-state index is 14.2. The molecule has 4 rings (SSSR count). The first-order valence-electron chi connectivity index (χ1n) is 13.7. The number of alkyl halides is 3. The van der Waals surface area contributed by atoms with E-state index in [1.54, 1.807) is 39.5 Å². The summed E-state index contributed by atoms with van der Waals surface area (Å²) in [5.74, 6) is -0.0386. The highest BCUT2D eigenvalue weighted by atomic mass is 32.2. The number of amides is 2. The molecule has 1 aliphatic heterocycles. The molecule has 0 bridgehead atoms. The Labute approximate surface area is 249 Å². The van der Waals surface area contributed by atoms with Crippen molar-refractivity contribution >= 4 is 45.5 Å². The zero-order valence-electron chi connectivity index (χ0n) is 24.7. The van der Waals surface area contributed by atoms with Gasteiger partial charge in [0, 0.05) is 47.7 Å². The van der Waals surface area contributed by atoms with E-state index in [0.29, 0.717) is 24.8 Å². The number of hydrogen-bond donors (Lipinski definition) is 3. The van der Waals surface area contributed by atoms with Gasteiger partial charge in [-0.3, -0.25) is 9.53 Å². The summed E-state index contributed by atoms with van der Waals surface area (Å²) in [7, 11) is -0.458. The summed E-state index contributed by atoms with van der Waals surface area (Å²) >= 11 is 0. The third-order valence-corrected chi connectivity index (χ3v) is 8.30. The summed E-state index contributed by atoms with van der Waals surface area (Å²) in [6.45, 7) is 9.52. The fourth-order valence-electron chi connectivity index (χ4n) is 4.71. The van der Waals surface area contributed by atoms with Crippen LogP contribution in [0.25, 0.3) is 22.2 Å². The number of fused-ring (bicyclic) bond motifs is 1. The molecule has 43 heavy (non-hydrogen) atoms. The van der Waals surface area contributed by atoms with Gasteiger partial charge in [0.1, 0.15) is 11.2 Å². The van der Waals surface area contributed by atoms with Crippen molar-refractivity contribution in [2.75, 3.05) is 30.8 Å². The van der Waals surface area contributed by atoms with Gasteiger partial charge in [-0.2, -0.15) is 13.2 Å². The molecule has 1 saturated heterocycles. The molecule has 234 valence electrons. The molecule has 3 aromatic rings. The minimum Gasteiger partial charge on any atom is -0.453 e. The van der Waals surface area contributed by atoms with Crippen molar-refractivity contribution in [3.8, 4) is 11.3 Å². The molecule has 1 aromatic carbocycles. The summed E-state index contributed by atoms with van der Waals surface area (Å²) < 4.78 is 66.0. The summed E-state index contributed by atoms with van der Waals surface area (Å²) in [4.78, 5) is 37.5. The molecule has 3 N–H and O–H groups in total. The van der Waals surface area contributed by atoms with Crippen LogP contribution in [0.4, 0.5) is 34.4 Å². The molecule has 0 radical (unpaired) electrons. The molecular weight excluding hydrogens is 589 g/mol. The van der Waals surface area contributed by atoms with E-state index in [2.05, 4.69) is 30.3 Å². The van der Waals surface area contributed by atoms with Gasteiger partial charge in [-0.25, -0.2) is 19.6 Å². The third-order valence-electron chi connectivity index (χ3n) is 6.62. The Kier molecular flexibility index (Phi) is 9.23. The fraction of sp³-hybridized carbons (Fsp3) is 0.500. The lowest BCUT2D eigenvalue weighted by Gasteiger charge is -2.34. The highest BCUT2D eigenvalue weighted by Gasteiger charge is 2.37. The lowest BCUT2D eigenvalue weighted by atomic mass is 10.0. The second-order valence-corrected chi connectivity index (χ2v) is 13.3. The number of hydrogen-bond acceptors (Lipinski definition) is 8. The molecule has 1 fully saturated rings. The standard InChI is InChI=1S/C28H35F3N6O5S/c1-15(2)43(40)23-20(35-25(38)41-6)10-9-17-18(12-32-22(17)23)21-19(28(29,30)31)13-33-24(36-21)34-16-8-7-11-37(14-16)26(39)42-27(3,4)5/h9-10,12-13,15-16,32H,7-8,11,14H2,1-6H3,(H,35,38)(H,33,34,36)/t16-,43?/m0/s1. The topological polar surface area (TPSA) is 139 Å². The van der Waals surface area contributed by atoms with Gasteiger partial charge < -0.3 is 24.7 Å². The van der Waals surface area contributed by atoms with Gasteiger partial charge in [0.05, 0.1) is 39.7 Å². The van der Waals surface area contributed by atoms with Gasteiger partial charge >= 0.3 is 18.4 Å². The summed E-state index contributed by atoms with van der Waals surface area (Å²) in [5, 5.41) is 5.56. The van der Waals surface area contributed by atoms with Crippen molar-refractivity contribution in [1.82, 2.24) is 19.9 Å². The number of aromatic nitrogens is 3. The number of carbonyl (C=O) groups is 2. The maximum Gasteiger partial charge on any atom is 0.419 e. The highest BCUT2D eigenvalue weighted by Crippen LogP contribution is 2.41. The number of benzene rings is 1. The van der Waals surface area contributed by atoms with Crippen LogP contribution in [0, 0.1) is 0 Å². The van der Waals surface area contributed by atoms with E-state index in [9.17, 15) is 27.0 Å². The van der Waals surface area contributed by atoms with Crippen LogP contribution in [-0.4, -0.2) is 73.3 Å². The maximum atomic E-state index is 14.2. The van der Waals surface area contributed by atoms with Gasteiger partial charge in [-0.15, -0.1) is 0 Å². The second kappa shape index (κ2) is 12.4. The van der Waals surface area contributed by atoms with Gasteiger partial charge in [0.2, 0.25) is 5.95 Å². The molecule has 11 nitrogen and oxygen atoms in total. The van der Waals surface area contributed by atoms with Crippen molar-refractivity contribution in [1.29, 1.82) is 0 Å². The van der Waals surface area contributed by atoms with Crippen molar-refractivity contribution in [2.45, 2.75) is 75.4 Å². The Morgan fingerprint density at radius 3 is 2.56 bits per heavy atom. The van der Waals surface area contributed by atoms with Gasteiger partial charge in [-0.05, 0) is 39.7 Å². The van der Waals surface area contributed by atoms with Crippen LogP contribution in [0.1, 0.15) is 53.0 Å². The van der Waals surface area contributed by atoms with Gasteiger partial charge in [-0.1, -0.05) is 19.9 Å². The van der Waals surface area contributed by atoms with E-state index in [1.165, 1.54) is 25.4 Å². The van der Waals surface area contributed by atoms with Crippen LogP contribution in [-0.2, 0) is 26.4 Å². The lowest BCUT2D eigenvalue weighted by molar-refractivity contribution is -0.137. The van der Waals surface area contributed by atoms with E-state index in [4.69, 9.17) is 4.74 Å². The Balaban J connectivity index is 1.74. The first-order chi connectivity index (χ1) is 20.1. The van der Waals surface area contributed by atoms with E-state index in [-0.39, 0.29) is 51.1 Å². The van der Waals surface area contributed by atoms with Crippen LogP contribution >= 0.6 is 0 Å². The molecule has 15 heteroatoms. The number of aromatic amines is 1. The number of nitrogens with one attached hydrogen (secondary N) is 3. The summed E-state index contributed by atoms with van der Waals surface area (Å²) in [6, 6.07) is 2.66. The molecule has 2 aromatic heterocycles. The first-order valence-corrected chi connectivity index (χ1v) is 14.9. The number of halogens is 3. The van der Waals surface area contributed by atoms with Gasteiger partial charge in [0.15, 0.2) is 0 Å². The Hall–Kier alpha value is -3.88. The van der Waals surface area contributed by atoms with E-state index in [1.807, 2.05) is 0 Å². The largest absolute Gasteiger partial charge is 0.453 e. The monoisotopic (exact) mass is 624 g/mol. The molecule has 1 unspecified atom stereocenters. The minimum absolute atomic E-state index is 0.0386. The van der Waals surface area contributed by atoms with Crippen LogP contribution in [0.3, 0.4) is 0 Å². The first kappa shape index (κ1) is 32.0. The second-order valence-electron chi connectivity index (χ2n) is 11.4. The quantitative estimate of drug-likeness (QED) is 0.297. The summed E-state index contributed by atoms with van der Waals surface area (Å²) in [5.41, 5.74) is -1.50. The highest BCUT2D eigenvalue weighted by molar-refractivity contribution is 7.86. The molecule has 2 amide bonds. The molecule has 0 saturated carbocycles. The van der Waals surface area contributed by atoms with Crippen LogP contribution in [0.15, 0.2) is 29.4 Å². The fourth-order valence-corrected chi connectivity index (χ4v) is 5.88. The minimum atomic E-state index is -4.77. The van der Waals surface area contributed by atoms with Crippen molar-refractivity contribution in [3.63, 3.8) is 0 Å². The molecule has 2 atom stereocenters. The number of rotatable bonds is 6. The molecule has 3 heterocycles. The number of nitrogens with zero attached hydrogens (tertiary/aromatic N) is 3. The Morgan fingerprint density at radius 1 is 1.21 bits per heavy atom. The SMILES string of the molecule is COC(=O)Nc1ccc2c(-c3nc(N[C@H]4CCCN(C(=O)OC(C)(C)C)C4)ncc3C(F)(F)F)c[nH]c2c1S(=O)C(C)C. The van der Waals surface area contributed by atoms with Crippen molar-refractivity contribution in [2.24, 2.45) is 0 Å². The number of methoxy groups -OCH3 is 1. The average Bonchev–Trinajstić information content (AvgIpc) is 3.35. The number of piperidine rings is 1. The number of H-pyrrole nitrogens is 1. The van der Waals surface area contributed by atoms with E-state index < -0.39 is 40.3 Å². The van der Waals surface area contributed by atoms with Crippen molar-refractivity contribution < 1.29 is 36.4 Å². The normalized spacial score (nSPS) is 16.7. The van der Waals surface area contributed by atoms with Gasteiger partial charge in [0.25, 0.3) is 0 Å². The third kappa shape index (κ3) is 7.37. The number of carbonyl (C=O) groups excluding carboxylic acids is 2. The molecular formula is C28H35F3N6O5S. The lowest BCUT2D eigenvalue weighted by Crippen LogP contribution is -2.47. The Bertz CT molecular complexity index is 1540. The zero-order valence-corrected chi connectivity index (χ0v) is 25.5. The van der Waals surface area contributed by atoms with E-state index >= 15 is 0 Å². The van der Waals surface area contributed by atoms with E-state index in [0.717, 1.165) is 6.20 Å². The molecule has 1 aliphatic rings. The van der Waals surface area contributed by atoms with Crippen LogP contribution < -0.4 is 10.6 Å². The number of likely N-dealkylation sites (tertiary alicyclic amines) is 1. The smallest absolute Gasteiger partial charge is 0.419 e. The van der Waals surface area contributed by atoms with Crippen LogP contribution in [0.5, 0.6) is 0 Å². The van der Waals surface area contributed by atoms with Crippen molar-refractivity contribution in [3.05, 3.63) is 30.1 Å². The number of anilines is 2. The number of ether oxygens (including phenoxy) is 2. The predicted octanol–water partition coefficient (Wildman–Crippen LogP) is 6.15. The molecule has 0 aliphatic carbocycles. The predicted molar refractivity (Wildman–Crippen MR) is 156 cm³/mol. The van der Waals surface area contributed by atoms with Crippen LogP contribution in [0.2, 0.25) is 0 Å². The zero-order chi connectivity index (χ0) is 31.7. The Morgan fingerprint density at radius 2 is 1.93 bits per heavy atom. The average molecular weight is 625 g/mol. The summed E-state index contributed by atoms with van der Waals surface area (Å²) in [6.07, 6.45) is -2.64.